The van der Waals surface area contributed by atoms with Gasteiger partial charge in [-0.05, 0) is 58.8 Å². The van der Waals surface area contributed by atoms with E-state index in [1.54, 1.807) is 30.3 Å². The van der Waals surface area contributed by atoms with Gasteiger partial charge in [-0.3, -0.25) is 4.79 Å². The number of nitrogens with one attached hydrogen (secondary N) is 1. The summed E-state index contributed by atoms with van der Waals surface area (Å²) in [5.74, 6) is 0.358. The Morgan fingerprint density at radius 3 is 2.79 bits per heavy atom. The lowest BCUT2D eigenvalue weighted by Gasteiger charge is -2.04. The third kappa shape index (κ3) is 3.98. The number of anilines is 1. The van der Waals surface area contributed by atoms with E-state index in [9.17, 15) is 4.79 Å². The van der Waals surface area contributed by atoms with Crippen LogP contribution in [0.25, 0.3) is 6.08 Å². The number of amides is 1. The lowest BCUT2D eigenvalue weighted by atomic mass is 10.2. The maximum absolute atomic E-state index is 11.7. The summed E-state index contributed by atoms with van der Waals surface area (Å²) < 4.78 is 5.87. The predicted molar refractivity (Wildman–Crippen MR) is 80.3 cm³/mol. The molecule has 3 nitrogen and oxygen atoms in total. The molecule has 0 radical (unpaired) electrons. The van der Waals surface area contributed by atoms with Crippen molar-refractivity contribution in [2.24, 2.45) is 0 Å². The molecule has 5 heteroatoms. The highest BCUT2D eigenvalue weighted by atomic mass is 79.9. The van der Waals surface area contributed by atoms with Crippen LogP contribution in [0.15, 0.2) is 45.5 Å². The molecule has 1 aromatic heterocycles. The molecule has 0 aliphatic heterocycles. The van der Waals surface area contributed by atoms with Gasteiger partial charge in [0.2, 0.25) is 5.91 Å². The number of rotatable bonds is 3. The molecule has 1 N–H and O–H groups in total. The van der Waals surface area contributed by atoms with Crippen LogP contribution in [0.2, 0.25) is 5.02 Å². The Morgan fingerprint density at radius 1 is 1.37 bits per heavy atom. The molecule has 0 saturated carbocycles. The maximum atomic E-state index is 11.7. The van der Waals surface area contributed by atoms with E-state index in [4.69, 9.17) is 16.0 Å². The number of aryl methyl sites for hydroxylation is 1. The molecule has 0 saturated heterocycles. The van der Waals surface area contributed by atoms with E-state index in [2.05, 4.69) is 21.2 Å². The van der Waals surface area contributed by atoms with Gasteiger partial charge in [0, 0.05) is 16.8 Å². The monoisotopic (exact) mass is 339 g/mol. The fourth-order valence-electron chi connectivity index (χ4n) is 1.43. The number of hydrogen-bond acceptors (Lipinski definition) is 2. The summed E-state index contributed by atoms with van der Waals surface area (Å²) >= 11 is 9.18. The maximum Gasteiger partial charge on any atom is 0.248 e. The zero-order valence-electron chi connectivity index (χ0n) is 10.1. The molecule has 98 valence electrons. The van der Waals surface area contributed by atoms with E-state index in [-0.39, 0.29) is 5.91 Å². The van der Waals surface area contributed by atoms with Crippen molar-refractivity contribution in [2.75, 3.05) is 5.32 Å². The van der Waals surface area contributed by atoms with E-state index in [0.717, 1.165) is 5.56 Å². The van der Waals surface area contributed by atoms with Crippen LogP contribution in [0.4, 0.5) is 5.69 Å². The van der Waals surface area contributed by atoms with Gasteiger partial charge in [0.05, 0.1) is 0 Å². The first-order valence-electron chi connectivity index (χ1n) is 5.55. The highest BCUT2D eigenvalue weighted by Gasteiger charge is 2.01. The number of carbonyl (C=O) groups is 1. The number of halogens is 2. The third-order valence-electron chi connectivity index (χ3n) is 2.43. The topological polar surface area (TPSA) is 42.2 Å². The minimum Gasteiger partial charge on any atom is -0.450 e. The average molecular weight is 341 g/mol. The first-order chi connectivity index (χ1) is 9.04. The smallest absolute Gasteiger partial charge is 0.248 e. The summed E-state index contributed by atoms with van der Waals surface area (Å²) in [7, 11) is 0. The lowest BCUT2D eigenvalue weighted by Crippen LogP contribution is -2.07. The van der Waals surface area contributed by atoms with E-state index in [1.165, 1.54) is 6.08 Å². The second-order valence-electron chi connectivity index (χ2n) is 3.93. The van der Waals surface area contributed by atoms with Crippen LogP contribution in [0.1, 0.15) is 11.3 Å². The van der Waals surface area contributed by atoms with Crippen molar-refractivity contribution in [1.82, 2.24) is 0 Å². The van der Waals surface area contributed by atoms with Gasteiger partial charge in [-0.25, -0.2) is 0 Å². The summed E-state index contributed by atoms with van der Waals surface area (Å²) in [5, 5.41) is 3.35. The van der Waals surface area contributed by atoms with Gasteiger partial charge in [-0.1, -0.05) is 17.7 Å². The van der Waals surface area contributed by atoms with Crippen molar-refractivity contribution < 1.29 is 9.21 Å². The quantitative estimate of drug-likeness (QED) is 0.826. The SMILES string of the molecule is Cc1ccc(NC(=O)C=Cc2ccc(Br)o2)cc1Cl. The van der Waals surface area contributed by atoms with Crippen molar-refractivity contribution in [1.29, 1.82) is 0 Å². The normalized spacial score (nSPS) is 10.9. The van der Waals surface area contributed by atoms with Crippen LogP contribution in [0.5, 0.6) is 0 Å². The first kappa shape index (κ1) is 13.9. The Hall–Kier alpha value is -1.52. The van der Waals surface area contributed by atoms with Gasteiger partial charge in [0.25, 0.3) is 0 Å². The first-order valence-corrected chi connectivity index (χ1v) is 6.72. The molecular weight excluding hydrogens is 330 g/mol. The van der Waals surface area contributed by atoms with Crippen LogP contribution in [-0.4, -0.2) is 5.91 Å². The zero-order valence-corrected chi connectivity index (χ0v) is 12.5. The fraction of sp³-hybridized carbons (Fsp3) is 0.0714. The minimum atomic E-state index is -0.243. The fourth-order valence-corrected chi connectivity index (χ4v) is 1.93. The van der Waals surface area contributed by atoms with E-state index in [0.29, 0.717) is 21.1 Å². The van der Waals surface area contributed by atoms with Gasteiger partial charge in [0.1, 0.15) is 5.76 Å². The largest absolute Gasteiger partial charge is 0.450 e. The summed E-state index contributed by atoms with van der Waals surface area (Å²) in [6.07, 6.45) is 2.99. The second kappa shape index (κ2) is 6.08. The van der Waals surface area contributed by atoms with Gasteiger partial charge in [-0.15, -0.1) is 0 Å². The second-order valence-corrected chi connectivity index (χ2v) is 5.12. The Balaban J connectivity index is 2.01. The van der Waals surface area contributed by atoms with Crippen LogP contribution < -0.4 is 5.32 Å². The molecule has 2 aromatic rings. The van der Waals surface area contributed by atoms with E-state index >= 15 is 0 Å². The summed E-state index contributed by atoms with van der Waals surface area (Å²) in [5.41, 5.74) is 1.63. The van der Waals surface area contributed by atoms with Gasteiger partial charge < -0.3 is 9.73 Å². The number of hydrogen-bond donors (Lipinski definition) is 1. The Morgan fingerprint density at radius 2 is 2.16 bits per heavy atom. The Kier molecular flexibility index (Phi) is 4.45. The number of benzene rings is 1. The van der Waals surface area contributed by atoms with Gasteiger partial charge in [-0.2, -0.15) is 0 Å². The van der Waals surface area contributed by atoms with Crippen LogP contribution in [0, 0.1) is 6.92 Å². The van der Waals surface area contributed by atoms with Crippen LogP contribution in [-0.2, 0) is 4.79 Å². The van der Waals surface area contributed by atoms with Gasteiger partial charge >= 0.3 is 0 Å². The molecule has 0 unspecified atom stereocenters. The highest BCUT2D eigenvalue weighted by molar-refractivity contribution is 9.10. The summed E-state index contributed by atoms with van der Waals surface area (Å²) in [4.78, 5) is 11.7. The average Bonchev–Trinajstić information content (AvgIpc) is 2.77. The summed E-state index contributed by atoms with van der Waals surface area (Å²) in [6.45, 7) is 1.91. The lowest BCUT2D eigenvalue weighted by molar-refractivity contribution is -0.111. The number of furan rings is 1. The molecule has 0 aliphatic carbocycles. The molecule has 1 heterocycles. The standard InChI is InChI=1S/C14H11BrClNO2/c1-9-2-3-10(8-12(9)16)17-14(18)7-5-11-4-6-13(15)19-11/h2-8H,1H3,(H,17,18). The van der Waals surface area contributed by atoms with Gasteiger partial charge in [0.15, 0.2) is 4.67 Å². The van der Waals surface area contributed by atoms with Crippen molar-refractivity contribution in [3.63, 3.8) is 0 Å². The molecule has 1 amide bonds. The zero-order chi connectivity index (χ0) is 13.8. The Labute approximate surface area is 124 Å². The molecule has 0 spiro atoms. The van der Waals surface area contributed by atoms with Crippen LogP contribution in [0.3, 0.4) is 0 Å². The highest BCUT2D eigenvalue weighted by Crippen LogP contribution is 2.20. The summed E-state index contributed by atoms with van der Waals surface area (Å²) in [6, 6.07) is 8.89. The molecular formula is C14H11BrClNO2. The molecule has 19 heavy (non-hydrogen) atoms. The molecule has 0 fully saturated rings. The molecule has 2 rings (SSSR count). The predicted octanol–water partition coefficient (Wildman–Crippen LogP) is 4.66. The van der Waals surface area contributed by atoms with Crippen molar-refractivity contribution in [3.8, 4) is 0 Å². The number of carbonyl (C=O) groups excluding carboxylic acids is 1. The molecule has 0 atom stereocenters. The van der Waals surface area contributed by atoms with Crippen molar-refractivity contribution in [2.45, 2.75) is 6.92 Å². The Bertz CT molecular complexity index is 634. The molecule has 1 aromatic carbocycles. The third-order valence-corrected chi connectivity index (χ3v) is 3.27. The minimum absolute atomic E-state index is 0.243. The molecule has 0 aliphatic rings. The van der Waals surface area contributed by atoms with Crippen molar-refractivity contribution >= 4 is 45.2 Å². The van der Waals surface area contributed by atoms with E-state index in [1.807, 2.05) is 13.0 Å². The van der Waals surface area contributed by atoms with Crippen molar-refractivity contribution in [3.05, 3.63) is 57.4 Å². The molecule has 0 bridgehead atoms. The van der Waals surface area contributed by atoms with Crippen LogP contribution >= 0.6 is 27.5 Å². The van der Waals surface area contributed by atoms with E-state index < -0.39 is 0 Å².